The Hall–Kier alpha value is -1.70. The SMILES string of the molecule is C#CCCNC(=O)N(CCC)CC(=O)O. The van der Waals surface area contributed by atoms with Crippen LogP contribution in [0.5, 0.6) is 0 Å². The predicted molar refractivity (Wildman–Crippen MR) is 56.3 cm³/mol. The van der Waals surface area contributed by atoms with Crippen molar-refractivity contribution in [3.8, 4) is 12.3 Å². The summed E-state index contributed by atoms with van der Waals surface area (Å²) >= 11 is 0. The lowest BCUT2D eigenvalue weighted by molar-refractivity contribution is -0.137. The second-order valence-electron chi connectivity index (χ2n) is 3.00. The fourth-order valence-electron chi connectivity index (χ4n) is 1.04. The Morgan fingerprint density at radius 1 is 1.53 bits per heavy atom. The Morgan fingerprint density at radius 2 is 2.20 bits per heavy atom. The molecule has 0 atom stereocenters. The average molecular weight is 212 g/mol. The lowest BCUT2D eigenvalue weighted by Crippen LogP contribution is -2.43. The molecule has 0 aliphatic carbocycles. The molecular formula is C10H16N2O3. The van der Waals surface area contributed by atoms with E-state index in [-0.39, 0.29) is 12.6 Å². The van der Waals surface area contributed by atoms with Gasteiger partial charge in [0.2, 0.25) is 0 Å². The van der Waals surface area contributed by atoms with E-state index in [0.717, 1.165) is 6.42 Å². The molecule has 0 bridgehead atoms. The molecule has 0 saturated heterocycles. The van der Waals surface area contributed by atoms with Crippen molar-refractivity contribution in [2.24, 2.45) is 0 Å². The zero-order valence-corrected chi connectivity index (χ0v) is 8.82. The summed E-state index contributed by atoms with van der Waals surface area (Å²) in [5.74, 6) is 1.37. The lowest BCUT2D eigenvalue weighted by atomic mass is 10.4. The van der Waals surface area contributed by atoms with Crippen LogP contribution < -0.4 is 5.32 Å². The first-order valence-electron chi connectivity index (χ1n) is 4.79. The van der Waals surface area contributed by atoms with Crippen LogP contribution in [0.25, 0.3) is 0 Å². The molecule has 0 spiro atoms. The predicted octanol–water partition coefficient (Wildman–Crippen LogP) is 0.516. The number of urea groups is 1. The Kier molecular flexibility index (Phi) is 6.81. The van der Waals surface area contributed by atoms with Crippen LogP contribution in [0, 0.1) is 12.3 Å². The molecule has 5 nitrogen and oxygen atoms in total. The summed E-state index contributed by atoms with van der Waals surface area (Å²) in [6.07, 6.45) is 6.18. The second-order valence-corrected chi connectivity index (χ2v) is 3.00. The van der Waals surface area contributed by atoms with Gasteiger partial charge in [-0.15, -0.1) is 12.3 Å². The monoisotopic (exact) mass is 212 g/mol. The number of terminal acetylenes is 1. The molecule has 0 aromatic rings. The summed E-state index contributed by atoms with van der Waals surface area (Å²) in [5, 5.41) is 11.1. The van der Waals surface area contributed by atoms with Crippen molar-refractivity contribution < 1.29 is 14.7 Å². The van der Waals surface area contributed by atoms with Gasteiger partial charge in [-0.3, -0.25) is 4.79 Å². The average Bonchev–Trinajstić information content (AvgIpc) is 2.17. The van der Waals surface area contributed by atoms with Gasteiger partial charge in [0, 0.05) is 19.5 Å². The van der Waals surface area contributed by atoms with E-state index in [1.165, 1.54) is 4.90 Å². The maximum Gasteiger partial charge on any atom is 0.323 e. The van der Waals surface area contributed by atoms with Crippen molar-refractivity contribution in [1.29, 1.82) is 0 Å². The van der Waals surface area contributed by atoms with Crippen LogP contribution >= 0.6 is 0 Å². The first-order chi connectivity index (χ1) is 7.11. The van der Waals surface area contributed by atoms with Crippen LogP contribution in [-0.4, -0.2) is 41.6 Å². The molecule has 2 N–H and O–H groups in total. The van der Waals surface area contributed by atoms with Crippen LogP contribution in [0.4, 0.5) is 4.79 Å². The number of rotatable bonds is 6. The highest BCUT2D eigenvalue weighted by Gasteiger charge is 2.14. The molecule has 0 rings (SSSR count). The fourth-order valence-corrected chi connectivity index (χ4v) is 1.04. The summed E-state index contributed by atoms with van der Waals surface area (Å²) in [6.45, 7) is 2.39. The van der Waals surface area contributed by atoms with E-state index in [4.69, 9.17) is 11.5 Å². The summed E-state index contributed by atoms with van der Waals surface area (Å²) in [4.78, 5) is 23.1. The molecule has 5 heteroatoms. The van der Waals surface area contributed by atoms with Crippen molar-refractivity contribution in [3.05, 3.63) is 0 Å². The van der Waals surface area contributed by atoms with Crippen molar-refractivity contribution in [3.63, 3.8) is 0 Å². The molecule has 2 amide bonds. The van der Waals surface area contributed by atoms with E-state index in [9.17, 15) is 9.59 Å². The zero-order chi connectivity index (χ0) is 11.7. The van der Waals surface area contributed by atoms with Gasteiger partial charge in [0.15, 0.2) is 0 Å². The summed E-state index contributed by atoms with van der Waals surface area (Å²) < 4.78 is 0. The van der Waals surface area contributed by atoms with Gasteiger partial charge in [-0.2, -0.15) is 0 Å². The molecule has 15 heavy (non-hydrogen) atoms. The number of hydrogen-bond acceptors (Lipinski definition) is 2. The zero-order valence-electron chi connectivity index (χ0n) is 8.82. The summed E-state index contributed by atoms with van der Waals surface area (Å²) in [5.41, 5.74) is 0. The van der Waals surface area contributed by atoms with Crippen LogP contribution in [-0.2, 0) is 4.79 Å². The number of aliphatic carboxylic acids is 1. The van der Waals surface area contributed by atoms with Crippen LogP contribution in [0.2, 0.25) is 0 Å². The topological polar surface area (TPSA) is 69.6 Å². The maximum absolute atomic E-state index is 11.4. The molecular weight excluding hydrogens is 196 g/mol. The standard InChI is InChI=1S/C10H16N2O3/c1-3-5-6-11-10(15)12(7-4-2)8-9(13)14/h1H,4-8H2,2H3,(H,11,15)(H,13,14). The number of carboxylic acid groups (broad SMARTS) is 1. The van der Waals surface area contributed by atoms with Gasteiger partial charge in [-0.1, -0.05) is 6.92 Å². The largest absolute Gasteiger partial charge is 0.480 e. The molecule has 0 unspecified atom stereocenters. The maximum atomic E-state index is 11.4. The van der Waals surface area contributed by atoms with E-state index in [0.29, 0.717) is 19.5 Å². The van der Waals surface area contributed by atoms with Gasteiger partial charge in [0.25, 0.3) is 0 Å². The van der Waals surface area contributed by atoms with Gasteiger partial charge in [-0.25, -0.2) is 4.79 Å². The number of amides is 2. The third-order valence-corrected chi connectivity index (χ3v) is 1.65. The Morgan fingerprint density at radius 3 is 2.67 bits per heavy atom. The second kappa shape index (κ2) is 7.68. The van der Waals surface area contributed by atoms with E-state index >= 15 is 0 Å². The highest BCUT2D eigenvalue weighted by Crippen LogP contribution is 1.92. The highest BCUT2D eigenvalue weighted by molar-refractivity contribution is 5.80. The summed E-state index contributed by atoms with van der Waals surface area (Å²) in [7, 11) is 0. The Bertz CT molecular complexity index is 258. The third-order valence-electron chi connectivity index (χ3n) is 1.65. The van der Waals surface area contributed by atoms with Gasteiger partial charge in [0.05, 0.1) is 0 Å². The lowest BCUT2D eigenvalue weighted by Gasteiger charge is -2.20. The number of nitrogens with one attached hydrogen (secondary N) is 1. The molecule has 0 fully saturated rings. The van der Waals surface area contributed by atoms with Crippen molar-refractivity contribution in [2.75, 3.05) is 19.6 Å². The van der Waals surface area contributed by atoms with E-state index in [1.54, 1.807) is 0 Å². The fraction of sp³-hybridized carbons (Fsp3) is 0.600. The van der Waals surface area contributed by atoms with Crippen LogP contribution in [0.1, 0.15) is 19.8 Å². The molecule has 0 aliphatic rings. The van der Waals surface area contributed by atoms with Crippen molar-refractivity contribution in [1.82, 2.24) is 10.2 Å². The van der Waals surface area contributed by atoms with Gasteiger partial charge >= 0.3 is 12.0 Å². The molecule has 0 saturated carbocycles. The smallest absolute Gasteiger partial charge is 0.323 e. The van der Waals surface area contributed by atoms with E-state index in [1.807, 2.05) is 6.92 Å². The first-order valence-corrected chi connectivity index (χ1v) is 4.79. The number of hydrogen-bond donors (Lipinski definition) is 2. The molecule has 0 aliphatic heterocycles. The highest BCUT2D eigenvalue weighted by atomic mass is 16.4. The Balaban J connectivity index is 4.05. The molecule has 0 radical (unpaired) electrons. The molecule has 0 aromatic carbocycles. The minimum atomic E-state index is -1.02. The van der Waals surface area contributed by atoms with Gasteiger partial charge in [-0.05, 0) is 6.42 Å². The Labute approximate surface area is 89.4 Å². The molecule has 84 valence electrons. The summed E-state index contributed by atoms with van der Waals surface area (Å²) in [6, 6.07) is -0.380. The number of carbonyl (C=O) groups excluding carboxylic acids is 1. The van der Waals surface area contributed by atoms with Crippen LogP contribution in [0.3, 0.4) is 0 Å². The molecule has 0 heterocycles. The minimum Gasteiger partial charge on any atom is -0.480 e. The quantitative estimate of drug-likeness (QED) is 0.498. The van der Waals surface area contributed by atoms with E-state index < -0.39 is 5.97 Å². The number of carboxylic acids is 1. The minimum absolute atomic E-state index is 0.282. The van der Waals surface area contributed by atoms with Crippen LogP contribution in [0.15, 0.2) is 0 Å². The van der Waals surface area contributed by atoms with Gasteiger partial charge in [0.1, 0.15) is 6.54 Å². The first kappa shape index (κ1) is 13.3. The van der Waals surface area contributed by atoms with Gasteiger partial charge < -0.3 is 15.3 Å². The van der Waals surface area contributed by atoms with E-state index in [2.05, 4.69) is 11.2 Å². The van der Waals surface area contributed by atoms with Crippen molar-refractivity contribution in [2.45, 2.75) is 19.8 Å². The number of carbonyl (C=O) groups is 2. The third kappa shape index (κ3) is 6.38. The molecule has 0 aromatic heterocycles. The van der Waals surface area contributed by atoms with Crippen molar-refractivity contribution >= 4 is 12.0 Å². The number of nitrogens with zero attached hydrogens (tertiary/aromatic N) is 1. The normalized spacial score (nSPS) is 9.07.